The minimum absolute atomic E-state index is 0.0297. The van der Waals surface area contributed by atoms with Crippen LogP contribution in [0, 0.1) is 9.54 Å². The van der Waals surface area contributed by atoms with Gasteiger partial charge in [0.2, 0.25) is 5.88 Å². The van der Waals surface area contributed by atoms with Gasteiger partial charge in [-0.05, 0) is 80.1 Å². The first-order chi connectivity index (χ1) is 20.2. The van der Waals surface area contributed by atoms with Crippen molar-refractivity contribution < 1.29 is 19.8 Å². The van der Waals surface area contributed by atoms with Crippen LogP contribution in [0.15, 0.2) is 27.8 Å². The molecule has 2 aromatic heterocycles. The van der Waals surface area contributed by atoms with Crippen molar-refractivity contribution in [3.8, 4) is 17.5 Å². The Bertz CT molecular complexity index is 1550. The third-order valence-electron chi connectivity index (χ3n) is 8.08. The number of aromatic hydroxyl groups is 1. The Morgan fingerprint density at radius 3 is 2.19 bits per heavy atom. The number of benzene rings is 1. The Kier molecular flexibility index (Phi) is 10.8. The predicted octanol–water partition coefficient (Wildman–Crippen LogP) is 3.26. The summed E-state index contributed by atoms with van der Waals surface area (Å²) in [5.41, 5.74) is -0.221. The second-order valence-corrected chi connectivity index (χ2v) is 11.8. The summed E-state index contributed by atoms with van der Waals surface area (Å²) in [6.07, 6.45) is 6.55. The van der Waals surface area contributed by atoms with Gasteiger partial charge in [0, 0.05) is 24.2 Å². The average molecular weight is 616 g/mol. The van der Waals surface area contributed by atoms with E-state index in [4.69, 9.17) is 29.2 Å². The predicted molar refractivity (Wildman–Crippen MR) is 165 cm³/mol. The molecule has 4 N–H and O–H groups in total. The number of nitrogens with zero attached hydrogens (tertiary/aromatic N) is 2. The normalized spacial score (nSPS) is 14.6. The zero-order valence-electron chi connectivity index (χ0n) is 24.6. The number of aromatic nitrogens is 4. The zero-order valence-corrected chi connectivity index (χ0v) is 26.2. The number of nitrogens with one attached hydrogen (secondary N) is 3. The highest BCUT2D eigenvalue weighted by molar-refractivity contribution is 7.71. The molecular weight excluding hydrogens is 574 g/mol. The summed E-state index contributed by atoms with van der Waals surface area (Å²) in [5.74, 6) is -1.44. The highest BCUT2D eigenvalue weighted by atomic mass is 32.1. The van der Waals surface area contributed by atoms with Crippen LogP contribution < -0.4 is 25.9 Å². The number of H-pyrrole nitrogens is 2. The van der Waals surface area contributed by atoms with E-state index in [0.717, 1.165) is 44.3 Å². The maximum absolute atomic E-state index is 14.0. The van der Waals surface area contributed by atoms with Crippen molar-refractivity contribution in [1.29, 1.82) is 0 Å². The van der Waals surface area contributed by atoms with Crippen molar-refractivity contribution in [3.63, 3.8) is 0 Å². The van der Waals surface area contributed by atoms with Gasteiger partial charge in [-0.15, -0.1) is 0 Å². The monoisotopic (exact) mass is 615 g/mol. The second-order valence-electron chi connectivity index (χ2n) is 11.0. The molecule has 3 heterocycles. The van der Waals surface area contributed by atoms with E-state index in [9.17, 15) is 19.8 Å². The summed E-state index contributed by atoms with van der Waals surface area (Å²) in [5, 5.41) is 25.6. The van der Waals surface area contributed by atoms with Crippen LogP contribution in [0.25, 0.3) is 0 Å². The summed E-state index contributed by atoms with van der Waals surface area (Å²) in [7, 11) is 1.61. The number of ether oxygens (including phenoxy) is 1. The fourth-order valence-electron chi connectivity index (χ4n) is 5.79. The number of aromatic amines is 2. The molecule has 1 aliphatic rings. The van der Waals surface area contributed by atoms with Gasteiger partial charge in [0.25, 0.3) is 11.1 Å². The molecule has 228 valence electrons. The molecule has 0 aliphatic carbocycles. The number of quaternary nitrogens is 1. The van der Waals surface area contributed by atoms with Crippen LogP contribution in [-0.2, 0) is 19.6 Å². The van der Waals surface area contributed by atoms with Crippen LogP contribution in [0.3, 0.4) is 0 Å². The first-order valence-corrected chi connectivity index (χ1v) is 15.6. The number of piperidine rings is 1. The average Bonchev–Trinajstić information content (AvgIpc) is 2.96. The quantitative estimate of drug-likeness (QED) is 0.230. The smallest absolute Gasteiger partial charge is 0.259 e. The third kappa shape index (κ3) is 6.71. The van der Waals surface area contributed by atoms with E-state index in [0.29, 0.717) is 43.8 Å². The van der Waals surface area contributed by atoms with Crippen LogP contribution in [-0.4, -0.2) is 44.4 Å². The van der Waals surface area contributed by atoms with Gasteiger partial charge in [-0.25, -0.2) is 0 Å². The Morgan fingerprint density at radius 1 is 0.976 bits per heavy atom. The van der Waals surface area contributed by atoms with E-state index in [1.807, 2.05) is 19.9 Å². The summed E-state index contributed by atoms with van der Waals surface area (Å²) >= 11 is 10.7. The van der Waals surface area contributed by atoms with Crippen molar-refractivity contribution in [2.45, 2.75) is 84.3 Å². The number of rotatable bonds is 12. The van der Waals surface area contributed by atoms with Gasteiger partial charge in [0.1, 0.15) is 12.3 Å². The lowest BCUT2D eigenvalue weighted by molar-refractivity contribution is -0.918. The van der Waals surface area contributed by atoms with Crippen LogP contribution >= 0.6 is 24.4 Å². The second kappa shape index (κ2) is 14.3. The van der Waals surface area contributed by atoms with Gasteiger partial charge in [-0.3, -0.25) is 24.1 Å². The highest BCUT2D eigenvalue weighted by Crippen LogP contribution is 2.38. The Hall–Kier alpha value is -3.22. The number of methoxy groups -OCH3 is 1. The van der Waals surface area contributed by atoms with Crippen molar-refractivity contribution >= 4 is 24.4 Å². The Morgan fingerprint density at radius 2 is 1.57 bits per heavy atom. The van der Waals surface area contributed by atoms with Gasteiger partial charge in [-0.2, -0.15) is 0 Å². The topological polar surface area (TPSA) is 133 Å². The van der Waals surface area contributed by atoms with Gasteiger partial charge < -0.3 is 24.4 Å². The van der Waals surface area contributed by atoms with Crippen molar-refractivity contribution in [2.24, 2.45) is 0 Å². The molecule has 0 saturated carbocycles. The SMILES string of the molecule is CCCCn1c([O-])c(C(c2ccc(OC)c(C[NH+]3CCCCC3)c2)c2c(O)n(CCCC)c(=S)[nH]c2=O)c(=O)[nH]c1=S. The number of likely N-dealkylation sites (tertiary alicyclic amines) is 1. The molecule has 1 aromatic carbocycles. The lowest BCUT2D eigenvalue weighted by atomic mass is 9.85. The molecule has 1 unspecified atom stereocenters. The lowest BCUT2D eigenvalue weighted by Crippen LogP contribution is -3.11. The molecule has 0 bridgehead atoms. The minimum Gasteiger partial charge on any atom is -0.860 e. The Labute approximate surface area is 255 Å². The zero-order chi connectivity index (χ0) is 30.4. The maximum atomic E-state index is 14.0. The molecular formula is C30H41N5O5S2. The molecule has 3 aromatic rings. The molecule has 0 spiro atoms. The van der Waals surface area contributed by atoms with E-state index in [1.54, 1.807) is 19.2 Å². The van der Waals surface area contributed by atoms with E-state index < -0.39 is 22.9 Å². The molecule has 42 heavy (non-hydrogen) atoms. The molecule has 1 atom stereocenters. The van der Waals surface area contributed by atoms with Crippen molar-refractivity contribution in [3.05, 3.63) is 70.7 Å². The van der Waals surface area contributed by atoms with E-state index in [-0.39, 0.29) is 26.5 Å². The first kappa shape index (κ1) is 31.7. The van der Waals surface area contributed by atoms with Crippen LogP contribution in [0.5, 0.6) is 17.5 Å². The van der Waals surface area contributed by atoms with E-state index in [2.05, 4.69) is 9.97 Å². The summed E-state index contributed by atoms with van der Waals surface area (Å²) in [4.78, 5) is 33.9. The molecule has 10 nitrogen and oxygen atoms in total. The highest BCUT2D eigenvalue weighted by Gasteiger charge is 2.30. The van der Waals surface area contributed by atoms with Gasteiger partial charge in [-0.1, -0.05) is 32.8 Å². The molecule has 0 radical (unpaired) electrons. The van der Waals surface area contributed by atoms with E-state index in [1.165, 1.54) is 20.5 Å². The van der Waals surface area contributed by atoms with Gasteiger partial charge >= 0.3 is 0 Å². The summed E-state index contributed by atoms with van der Waals surface area (Å²) < 4.78 is 8.61. The minimum atomic E-state index is -1.18. The van der Waals surface area contributed by atoms with Gasteiger partial charge in [0.05, 0.1) is 31.7 Å². The summed E-state index contributed by atoms with van der Waals surface area (Å²) in [6, 6.07) is 5.43. The summed E-state index contributed by atoms with van der Waals surface area (Å²) in [6.45, 7) is 7.46. The molecule has 4 rings (SSSR count). The van der Waals surface area contributed by atoms with Crippen LogP contribution in [0.4, 0.5) is 0 Å². The molecule has 1 fully saturated rings. The van der Waals surface area contributed by atoms with Gasteiger partial charge in [0.15, 0.2) is 9.54 Å². The largest absolute Gasteiger partial charge is 0.860 e. The van der Waals surface area contributed by atoms with Crippen molar-refractivity contribution in [1.82, 2.24) is 19.1 Å². The van der Waals surface area contributed by atoms with Crippen LogP contribution in [0.2, 0.25) is 0 Å². The van der Waals surface area contributed by atoms with E-state index >= 15 is 0 Å². The number of hydrogen-bond donors (Lipinski definition) is 4. The van der Waals surface area contributed by atoms with Crippen molar-refractivity contribution in [2.75, 3.05) is 20.2 Å². The molecule has 12 heteroatoms. The maximum Gasteiger partial charge on any atom is 0.259 e. The lowest BCUT2D eigenvalue weighted by Gasteiger charge is -2.28. The van der Waals surface area contributed by atoms with Crippen LogP contribution in [0.1, 0.15) is 87.0 Å². The number of unbranched alkanes of at least 4 members (excludes halogenated alkanes) is 2. The first-order valence-electron chi connectivity index (χ1n) is 14.8. The third-order valence-corrected chi connectivity index (χ3v) is 8.72. The number of hydrogen-bond acceptors (Lipinski definition) is 7. The molecule has 1 aliphatic heterocycles. The Balaban J connectivity index is 2.01. The fraction of sp³-hybridized carbons (Fsp3) is 0.533. The molecule has 0 amide bonds. The fourth-order valence-corrected chi connectivity index (χ4v) is 6.33. The molecule has 1 saturated heterocycles. The standard InChI is InChI=1S/C30H41N5O5S2/c1-4-6-15-34-27(38)23(25(36)31-29(34)41)22(24-26(37)32-30(42)35(28(24)39)16-7-5-2)19-11-12-21(40-3)20(17-19)18-33-13-9-8-10-14-33/h11-12,17,22,38-39H,4-10,13-16,18H2,1-3H3,(H,31,36,41)(H,32,37,42).